The molecule has 2 heterocycles. The van der Waals surface area contributed by atoms with Crippen LogP contribution < -0.4 is 0 Å². The molecular weight excluding hydrogens is 306 g/mol. The van der Waals surface area contributed by atoms with Crippen molar-refractivity contribution >= 4 is 22.5 Å². The lowest BCUT2D eigenvalue weighted by molar-refractivity contribution is -0.383. The first-order chi connectivity index (χ1) is 11.6. The van der Waals surface area contributed by atoms with Crippen molar-refractivity contribution in [2.75, 3.05) is 6.54 Å². The van der Waals surface area contributed by atoms with Crippen molar-refractivity contribution in [3.05, 3.63) is 40.1 Å². The Kier molecular flexibility index (Phi) is 3.75. The molecule has 1 amide bonds. The summed E-state index contributed by atoms with van der Waals surface area (Å²) >= 11 is 0. The number of nitro benzene ring substituents is 1. The molecule has 0 bridgehead atoms. The zero-order valence-electron chi connectivity index (χ0n) is 13.5. The fourth-order valence-corrected chi connectivity index (χ4v) is 4.44. The van der Waals surface area contributed by atoms with Gasteiger partial charge in [-0.15, -0.1) is 0 Å². The lowest BCUT2D eigenvalue weighted by Crippen LogP contribution is -2.49. The topological polar surface area (TPSA) is 79.2 Å². The SMILES string of the molecule is O=C(c1cc2cccc([N+](=O)[O-])c2[nH]1)N1CCC[C@@H]2CCCC[C@H]21. The molecule has 2 atom stereocenters. The van der Waals surface area contributed by atoms with Crippen molar-refractivity contribution in [1.82, 2.24) is 9.88 Å². The number of para-hydroxylation sites is 1. The highest BCUT2D eigenvalue weighted by Crippen LogP contribution is 2.36. The molecule has 126 valence electrons. The third-order valence-corrected chi connectivity index (χ3v) is 5.57. The Hall–Kier alpha value is -2.37. The summed E-state index contributed by atoms with van der Waals surface area (Å²) in [6.07, 6.45) is 7.01. The van der Waals surface area contributed by atoms with Gasteiger partial charge in [0, 0.05) is 24.0 Å². The highest BCUT2D eigenvalue weighted by molar-refractivity contribution is 6.00. The van der Waals surface area contributed by atoms with Gasteiger partial charge in [-0.25, -0.2) is 0 Å². The van der Waals surface area contributed by atoms with E-state index in [1.807, 2.05) is 4.90 Å². The number of piperidine rings is 1. The van der Waals surface area contributed by atoms with E-state index in [2.05, 4.69) is 4.98 Å². The molecule has 1 aliphatic carbocycles. The van der Waals surface area contributed by atoms with Gasteiger partial charge in [0.25, 0.3) is 11.6 Å². The number of hydrogen-bond acceptors (Lipinski definition) is 3. The van der Waals surface area contributed by atoms with Gasteiger partial charge < -0.3 is 9.88 Å². The van der Waals surface area contributed by atoms with Crippen LogP contribution >= 0.6 is 0 Å². The van der Waals surface area contributed by atoms with E-state index < -0.39 is 4.92 Å². The van der Waals surface area contributed by atoms with Crippen LogP contribution in [0.25, 0.3) is 10.9 Å². The van der Waals surface area contributed by atoms with Crippen LogP contribution in [0.15, 0.2) is 24.3 Å². The number of H-pyrrole nitrogens is 1. The van der Waals surface area contributed by atoms with Crippen LogP contribution in [-0.2, 0) is 0 Å². The molecule has 2 fully saturated rings. The summed E-state index contributed by atoms with van der Waals surface area (Å²) in [5.74, 6) is 0.604. The molecule has 6 heteroatoms. The van der Waals surface area contributed by atoms with Gasteiger partial charge in [-0.2, -0.15) is 0 Å². The number of non-ortho nitro benzene ring substituents is 1. The number of likely N-dealkylation sites (tertiary alicyclic amines) is 1. The van der Waals surface area contributed by atoms with E-state index in [1.165, 1.54) is 31.7 Å². The Balaban J connectivity index is 1.68. The number of nitrogens with zero attached hydrogens (tertiary/aromatic N) is 2. The molecule has 1 aliphatic heterocycles. The monoisotopic (exact) mass is 327 g/mol. The Morgan fingerprint density at radius 1 is 1.21 bits per heavy atom. The summed E-state index contributed by atoms with van der Waals surface area (Å²) in [6.45, 7) is 0.789. The number of amides is 1. The average molecular weight is 327 g/mol. The van der Waals surface area contributed by atoms with Crippen molar-refractivity contribution < 1.29 is 9.72 Å². The summed E-state index contributed by atoms with van der Waals surface area (Å²) in [5.41, 5.74) is 0.911. The first-order valence-electron chi connectivity index (χ1n) is 8.72. The molecule has 0 spiro atoms. The summed E-state index contributed by atoms with van der Waals surface area (Å²) in [5, 5.41) is 11.9. The minimum absolute atomic E-state index is 0.0146. The quantitative estimate of drug-likeness (QED) is 0.671. The fraction of sp³-hybridized carbons (Fsp3) is 0.500. The van der Waals surface area contributed by atoms with Crippen molar-refractivity contribution in [3.8, 4) is 0 Å². The van der Waals surface area contributed by atoms with Crippen molar-refractivity contribution in [3.63, 3.8) is 0 Å². The second kappa shape index (κ2) is 5.92. The lowest BCUT2D eigenvalue weighted by atomic mass is 9.78. The lowest BCUT2D eigenvalue weighted by Gasteiger charge is -2.44. The van der Waals surface area contributed by atoms with E-state index in [0.29, 0.717) is 28.6 Å². The summed E-state index contributed by atoms with van der Waals surface area (Å²) in [6, 6.07) is 7.00. The number of aromatic nitrogens is 1. The van der Waals surface area contributed by atoms with Crippen LogP contribution in [0.1, 0.15) is 49.0 Å². The molecule has 24 heavy (non-hydrogen) atoms. The van der Waals surface area contributed by atoms with E-state index in [0.717, 1.165) is 19.4 Å². The van der Waals surface area contributed by atoms with E-state index >= 15 is 0 Å². The summed E-state index contributed by atoms with van der Waals surface area (Å²) in [7, 11) is 0. The van der Waals surface area contributed by atoms with Gasteiger partial charge in [-0.1, -0.05) is 25.0 Å². The predicted molar refractivity (Wildman–Crippen MR) is 91.0 cm³/mol. The van der Waals surface area contributed by atoms with Gasteiger partial charge in [-0.3, -0.25) is 14.9 Å². The molecule has 2 aliphatic rings. The summed E-state index contributed by atoms with van der Waals surface area (Å²) in [4.78, 5) is 28.8. The van der Waals surface area contributed by atoms with Gasteiger partial charge in [0.1, 0.15) is 11.2 Å². The Morgan fingerprint density at radius 2 is 2.00 bits per heavy atom. The van der Waals surface area contributed by atoms with Gasteiger partial charge in [0.15, 0.2) is 0 Å². The largest absolute Gasteiger partial charge is 0.345 e. The number of nitro groups is 1. The van der Waals surface area contributed by atoms with Gasteiger partial charge >= 0.3 is 0 Å². The van der Waals surface area contributed by atoms with Crippen LogP contribution in [-0.4, -0.2) is 33.3 Å². The fourth-order valence-electron chi connectivity index (χ4n) is 4.44. The second-order valence-corrected chi connectivity index (χ2v) is 6.93. The van der Waals surface area contributed by atoms with Crippen molar-refractivity contribution in [2.45, 2.75) is 44.6 Å². The number of benzene rings is 1. The van der Waals surface area contributed by atoms with Crippen LogP contribution in [0.3, 0.4) is 0 Å². The van der Waals surface area contributed by atoms with E-state index in [-0.39, 0.29) is 11.6 Å². The summed E-state index contributed by atoms with van der Waals surface area (Å²) < 4.78 is 0. The molecule has 0 unspecified atom stereocenters. The first-order valence-corrected chi connectivity index (χ1v) is 8.72. The van der Waals surface area contributed by atoms with Crippen LogP contribution in [0, 0.1) is 16.0 Å². The Labute approximate surface area is 140 Å². The third-order valence-electron chi connectivity index (χ3n) is 5.57. The Morgan fingerprint density at radius 3 is 2.83 bits per heavy atom. The van der Waals surface area contributed by atoms with Gasteiger partial charge in [-0.05, 0) is 37.7 Å². The number of aromatic amines is 1. The molecule has 1 saturated carbocycles. The minimum Gasteiger partial charge on any atom is -0.345 e. The molecular formula is C18H21N3O3. The number of hydrogen-bond donors (Lipinski definition) is 1. The molecule has 6 nitrogen and oxygen atoms in total. The molecule has 4 rings (SSSR count). The number of fused-ring (bicyclic) bond motifs is 2. The van der Waals surface area contributed by atoms with E-state index in [1.54, 1.807) is 18.2 Å². The zero-order chi connectivity index (χ0) is 16.7. The van der Waals surface area contributed by atoms with Crippen LogP contribution in [0.5, 0.6) is 0 Å². The average Bonchev–Trinajstić information content (AvgIpc) is 3.04. The van der Waals surface area contributed by atoms with E-state index in [4.69, 9.17) is 0 Å². The number of nitrogens with one attached hydrogen (secondary N) is 1. The first kappa shape index (κ1) is 15.2. The zero-order valence-corrected chi connectivity index (χ0v) is 13.5. The van der Waals surface area contributed by atoms with Crippen LogP contribution in [0.4, 0.5) is 5.69 Å². The molecule has 1 aromatic carbocycles. The maximum Gasteiger partial charge on any atom is 0.293 e. The number of rotatable bonds is 2. The number of carbonyl (C=O) groups is 1. The van der Waals surface area contributed by atoms with Gasteiger partial charge in [0.05, 0.1) is 4.92 Å². The smallest absolute Gasteiger partial charge is 0.293 e. The highest BCUT2D eigenvalue weighted by atomic mass is 16.6. The van der Waals surface area contributed by atoms with E-state index in [9.17, 15) is 14.9 Å². The molecule has 1 N–H and O–H groups in total. The maximum atomic E-state index is 13.0. The minimum atomic E-state index is -0.412. The molecule has 0 radical (unpaired) electrons. The maximum absolute atomic E-state index is 13.0. The number of carbonyl (C=O) groups excluding carboxylic acids is 1. The molecule has 1 saturated heterocycles. The normalized spacial score (nSPS) is 23.9. The van der Waals surface area contributed by atoms with Crippen molar-refractivity contribution in [2.24, 2.45) is 5.92 Å². The molecule has 2 aromatic rings. The Bertz CT molecular complexity index is 796. The third kappa shape index (κ3) is 2.46. The van der Waals surface area contributed by atoms with Crippen LogP contribution in [0.2, 0.25) is 0 Å². The van der Waals surface area contributed by atoms with Gasteiger partial charge in [0.2, 0.25) is 0 Å². The van der Waals surface area contributed by atoms with Crippen molar-refractivity contribution in [1.29, 1.82) is 0 Å². The standard InChI is InChI=1S/C18H21N3O3/c22-18(20-10-4-7-12-5-1-2-8-15(12)20)14-11-13-6-3-9-16(21(23)24)17(13)19-14/h3,6,9,11-12,15,19H,1-2,4-5,7-8,10H2/t12-,15+/m0/s1. The predicted octanol–water partition coefficient (Wildman–Crippen LogP) is 3.87. The highest BCUT2D eigenvalue weighted by Gasteiger charge is 2.36. The second-order valence-electron chi connectivity index (χ2n) is 6.93. The molecule has 1 aromatic heterocycles.